The van der Waals surface area contributed by atoms with Crippen molar-refractivity contribution in [1.82, 2.24) is 25.1 Å². The summed E-state index contributed by atoms with van der Waals surface area (Å²) in [6.45, 7) is 8.55. The number of methoxy groups -OCH3 is 2. The fourth-order valence-electron chi connectivity index (χ4n) is 7.85. The van der Waals surface area contributed by atoms with Crippen molar-refractivity contribution in [2.24, 2.45) is 17.3 Å². The fourth-order valence-corrected chi connectivity index (χ4v) is 7.85. The number of hydrogen-bond acceptors (Lipinski definition) is 9. The van der Waals surface area contributed by atoms with Gasteiger partial charge in [0.25, 0.3) is 5.88 Å². The van der Waals surface area contributed by atoms with Gasteiger partial charge in [0.05, 0.1) is 5.69 Å². The highest BCUT2D eigenvalue weighted by Crippen LogP contribution is 2.51. The van der Waals surface area contributed by atoms with Crippen LogP contribution in [0.15, 0.2) is 42.9 Å². The Labute approximate surface area is 252 Å². The van der Waals surface area contributed by atoms with Crippen LogP contribution in [0.2, 0.25) is 0 Å². The summed E-state index contributed by atoms with van der Waals surface area (Å²) in [7, 11) is 3.49. The molecular formula is C33H41FN6O3. The van der Waals surface area contributed by atoms with Gasteiger partial charge in [-0.15, -0.1) is 10.2 Å². The smallest absolute Gasteiger partial charge is 0.282 e. The summed E-state index contributed by atoms with van der Waals surface area (Å²) >= 11 is 0. The molecule has 2 aliphatic carbocycles. The molecule has 7 rings (SSSR count). The quantitative estimate of drug-likeness (QED) is 0.278. The largest absolute Gasteiger partial charge is 0.434 e. The Balaban J connectivity index is 1.07. The van der Waals surface area contributed by atoms with Crippen LogP contribution in [0.3, 0.4) is 0 Å². The van der Waals surface area contributed by atoms with Crippen molar-refractivity contribution in [1.29, 1.82) is 0 Å². The number of hydrogen-bond donors (Lipinski definition) is 0. The Morgan fingerprint density at radius 2 is 1.81 bits per heavy atom. The third-order valence-corrected chi connectivity index (χ3v) is 10.1. The number of aromatic nitrogens is 4. The van der Waals surface area contributed by atoms with Gasteiger partial charge in [0.15, 0.2) is 11.6 Å². The van der Waals surface area contributed by atoms with Crippen molar-refractivity contribution in [3.05, 3.63) is 54.2 Å². The summed E-state index contributed by atoms with van der Waals surface area (Å²) in [6.07, 6.45) is 8.43. The average molecular weight is 589 g/mol. The van der Waals surface area contributed by atoms with Gasteiger partial charge in [-0.25, -0.2) is 9.37 Å². The van der Waals surface area contributed by atoms with E-state index in [1.54, 1.807) is 26.5 Å². The highest BCUT2D eigenvalue weighted by atomic mass is 19.1. The highest BCUT2D eigenvalue weighted by molar-refractivity contribution is 5.72. The number of benzene rings is 1. The number of likely N-dealkylation sites (tertiary alicyclic amines) is 1. The zero-order valence-electron chi connectivity index (χ0n) is 25.5. The zero-order chi connectivity index (χ0) is 29.8. The lowest BCUT2D eigenvalue weighted by Gasteiger charge is -2.58. The predicted octanol–water partition coefficient (Wildman–Crippen LogP) is 5.68. The molecule has 4 fully saturated rings. The van der Waals surface area contributed by atoms with E-state index in [0.29, 0.717) is 46.8 Å². The van der Waals surface area contributed by atoms with Gasteiger partial charge in [-0.2, -0.15) is 0 Å². The van der Waals surface area contributed by atoms with E-state index in [0.717, 1.165) is 69.5 Å². The average Bonchev–Trinajstić information content (AvgIpc) is 3.73. The first kappa shape index (κ1) is 28.6. The molecule has 0 bridgehead atoms. The van der Waals surface area contributed by atoms with Crippen LogP contribution in [0.25, 0.3) is 11.3 Å². The molecule has 1 atom stereocenters. The van der Waals surface area contributed by atoms with Crippen LogP contribution in [0, 0.1) is 23.1 Å². The number of halogens is 1. The summed E-state index contributed by atoms with van der Waals surface area (Å²) in [4.78, 5) is 14.2. The Morgan fingerprint density at radius 1 is 1.02 bits per heavy atom. The number of rotatable bonds is 10. The maximum Gasteiger partial charge on any atom is 0.282 e. The van der Waals surface area contributed by atoms with Crippen LogP contribution >= 0.6 is 0 Å². The normalized spacial score (nSPS) is 22.0. The van der Waals surface area contributed by atoms with Crippen LogP contribution in [-0.2, 0) is 9.47 Å². The van der Waals surface area contributed by atoms with Crippen molar-refractivity contribution in [3.8, 4) is 22.9 Å². The monoisotopic (exact) mass is 588 g/mol. The SMILES string of the molecule is COC1(OC)CC([C@@H](C(C)C)N2CC3(CCN(c4ncnnc4Oc4ccc(F)cc4-c4ncccc4C4CC4)C3)C2)C1. The number of anilines is 1. The summed E-state index contributed by atoms with van der Waals surface area (Å²) in [6, 6.07) is 9.09. The summed E-state index contributed by atoms with van der Waals surface area (Å²) in [5.41, 5.74) is 2.72. The van der Waals surface area contributed by atoms with Crippen LogP contribution in [0.4, 0.5) is 10.2 Å². The minimum atomic E-state index is -0.415. The van der Waals surface area contributed by atoms with E-state index in [1.807, 2.05) is 6.07 Å². The van der Waals surface area contributed by atoms with Crippen LogP contribution in [-0.4, -0.2) is 77.3 Å². The molecule has 2 aliphatic heterocycles. The van der Waals surface area contributed by atoms with E-state index in [2.05, 4.69) is 49.9 Å². The molecule has 2 saturated carbocycles. The lowest BCUT2D eigenvalue weighted by atomic mass is 9.67. The molecular weight excluding hydrogens is 547 g/mol. The van der Waals surface area contributed by atoms with Crippen molar-refractivity contribution >= 4 is 5.82 Å². The maximum absolute atomic E-state index is 14.5. The van der Waals surface area contributed by atoms with Crippen LogP contribution < -0.4 is 9.64 Å². The number of pyridine rings is 1. The van der Waals surface area contributed by atoms with Crippen LogP contribution in [0.5, 0.6) is 11.6 Å². The van der Waals surface area contributed by atoms with Gasteiger partial charge < -0.3 is 19.1 Å². The van der Waals surface area contributed by atoms with Gasteiger partial charge in [0.2, 0.25) is 0 Å². The van der Waals surface area contributed by atoms with Gasteiger partial charge >= 0.3 is 0 Å². The Hall–Kier alpha value is -3.21. The molecule has 4 heterocycles. The zero-order valence-corrected chi connectivity index (χ0v) is 25.5. The summed E-state index contributed by atoms with van der Waals surface area (Å²) < 4.78 is 32.3. The molecule has 0 N–H and O–H groups in total. The van der Waals surface area contributed by atoms with E-state index in [1.165, 1.54) is 18.5 Å². The number of ether oxygens (including phenoxy) is 3. The molecule has 43 heavy (non-hydrogen) atoms. The minimum Gasteiger partial charge on any atom is -0.434 e. The summed E-state index contributed by atoms with van der Waals surface area (Å²) in [5.74, 6) is 2.34. The van der Waals surface area contributed by atoms with Crippen LogP contribution in [0.1, 0.15) is 57.4 Å². The van der Waals surface area contributed by atoms with Crippen molar-refractivity contribution in [2.75, 3.05) is 45.3 Å². The first-order valence-corrected chi connectivity index (χ1v) is 15.5. The standard InChI is InChI=1S/C33H41FN6O3/c1-21(2)29(23-15-33(16-23,41-3)42-4)40-18-32(19-40)11-13-39(17-32)30-31(38-37-20-36-30)43-27-10-9-24(34)14-26(27)28-25(22-7-8-22)6-5-12-35-28/h5-6,9-10,12,14,20-23,29H,7-8,11,13,15-19H2,1-4H3/t29-/m1/s1. The molecule has 0 radical (unpaired) electrons. The van der Waals surface area contributed by atoms with Crippen molar-refractivity contribution in [3.63, 3.8) is 0 Å². The second kappa shape index (κ2) is 11.1. The van der Waals surface area contributed by atoms with E-state index >= 15 is 0 Å². The lowest BCUT2D eigenvalue weighted by Crippen LogP contribution is -2.66. The van der Waals surface area contributed by atoms with Crippen molar-refractivity contribution in [2.45, 2.75) is 63.7 Å². The second-order valence-electron chi connectivity index (χ2n) is 13.3. The van der Waals surface area contributed by atoms with Gasteiger partial charge in [-0.1, -0.05) is 19.9 Å². The molecule has 1 spiro atoms. The minimum absolute atomic E-state index is 0.215. The lowest BCUT2D eigenvalue weighted by molar-refractivity contribution is -0.282. The molecule has 1 aromatic carbocycles. The molecule has 4 aliphatic rings. The van der Waals surface area contributed by atoms with Gasteiger partial charge in [0, 0.05) is 76.5 Å². The van der Waals surface area contributed by atoms with E-state index < -0.39 is 5.79 Å². The Bertz CT molecular complexity index is 1460. The highest BCUT2D eigenvalue weighted by Gasteiger charge is 2.56. The second-order valence-corrected chi connectivity index (χ2v) is 13.3. The molecule has 3 aromatic rings. The van der Waals surface area contributed by atoms with Gasteiger partial charge in [0.1, 0.15) is 17.9 Å². The third-order valence-electron chi connectivity index (χ3n) is 10.1. The van der Waals surface area contributed by atoms with E-state index in [-0.39, 0.29) is 11.2 Å². The Morgan fingerprint density at radius 3 is 2.53 bits per heavy atom. The van der Waals surface area contributed by atoms with Crippen molar-refractivity contribution < 1.29 is 18.6 Å². The van der Waals surface area contributed by atoms with E-state index in [9.17, 15) is 4.39 Å². The topological polar surface area (TPSA) is 85.7 Å². The first-order valence-electron chi connectivity index (χ1n) is 15.5. The molecule has 10 heteroatoms. The molecule has 0 unspecified atom stereocenters. The van der Waals surface area contributed by atoms with Gasteiger partial charge in [-0.3, -0.25) is 9.88 Å². The molecule has 9 nitrogen and oxygen atoms in total. The molecule has 228 valence electrons. The maximum atomic E-state index is 14.5. The molecule has 0 amide bonds. The number of nitrogens with zero attached hydrogens (tertiary/aromatic N) is 6. The molecule has 2 saturated heterocycles. The fraction of sp³-hybridized carbons (Fsp3) is 0.576. The van der Waals surface area contributed by atoms with Gasteiger partial charge in [-0.05, 0) is 66.8 Å². The third kappa shape index (κ3) is 5.27. The Kier molecular flexibility index (Phi) is 7.34. The first-order chi connectivity index (χ1) is 20.8. The predicted molar refractivity (Wildman–Crippen MR) is 160 cm³/mol. The summed E-state index contributed by atoms with van der Waals surface area (Å²) in [5, 5.41) is 8.39. The van der Waals surface area contributed by atoms with E-state index in [4.69, 9.17) is 14.2 Å². The molecule has 2 aromatic heterocycles.